The summed E-state index contributed by atoms with van der Waals surface area (Å²) >= 11 is 0. The van der Waals surface area contributed by atoms with E-state index in [1.807, 2.05) is 19.1 Å². The van der Waals surface area contributed by atoms with Gasteiger partial charge >= 0.3 is 0 Å². The van der Waals surface area contributed by atoms with Crippen molar-refractivity contribution in [3.05, 3.63) is 48.2 Å². The van der Waals surface area contributed by atoms with Gasteiger partial charge in [0, 0.05) is 17.6 Å². The monoisotopic (exact) mass is 241 g/mol. The van der Waals surface area contributed by atoms with Gasteiger partial charge in [-0.15, -0.1) is 6.58 Å². The molecule has 18 heavy (non-hydrogen) atoms. The van der Waals surface area contributed by atoms with Crippen LogP contribution >= 0.6 is 0 Å². The Labute approximate surface area is 106 Å². The smallest absolute Gasteiger partial charge is 0.252 e. The fourth-order valence-corrected chi connectivity index (χ4v) is 1.85. The second kappa shape index (κ2) is 4.87. The highest BCUT2D eigenvalue weighted by Gasteiger charge is 2.12. The van der Waals surface area contributed by atoms with E-state index < -0.39 is 0 Å². The number of rotatable bonds is 3. The predicted molar refractivity (Wildman–Crippen MR) is 73.4 cm³/mol. The van der Waals surface area contributed by atoms with Crippen molar-refractivity contribution in [2.24, 2.45) is 0 Å². The average molecular weight is 241 g/mol. The van der Waals surface area contributed by atoms with Crippen LogP contribution in [0.25, 0.3) is 10.9 Å². The molecule has 0 unspecified atom stereocenters. The third kappa shape index (κ3) is 2.18. The topological polar surface area (TPSA) is 68.0 Å². The first-order valence-electron chi connectivity index (χ1n) is 5.68. The lowest BCUT2D eigenvalue weighted by molar-refractivity contribution is 0.0959. The summed E-state index contributed by atoms with van der Waals surface area (Å²) in [5.41, 5.74) is 8.49. The Morgan fingerprint density at radius 1 is 1.56 bits per heavy atom. The Bertz CT molecular complexity index is 620. The summed E-state index contributed by atoms with van der Waals surface area (Å²) in [7, 11) is 0. The quantitative estimate of drug-likeness (QED) is 0.638. The van der Waals surface area contributed by atoms with E-state index in [1.54, 1.807) is 18.2 Å². The zero-order valence-electron chi connectivity index (χ0n) is 10.2. The number of nitrogen functional groups attached to an aromatic ring is 1. The average Bonchev–Trinajstić information content (AvgIpc) is 2.36. The first-order chi connectivity index (χ1) is 8.63. The van der Waals surface area contributed by atoms with Crippen LogP contribution in [0.3, 0.4) is 0 Å². The molecule has 0 spiro atoms. The number of nitrogens with two attached hydrogens (primary N) is 1. The van der Waals surface area contributed by atoms with Crippen molar-refractivity contribution in [3.63, 3.8) is 0 Å². The maximum absolute atomic E-state index is 12.1. The number of carbonyl (C=O) groups excluding carboxylic acids is 1. The number of hydrogen-bond acceptors (Lipinski definition) is 3. The molecule has 0 saturated carbocycles. The number of fused-ring (bicyclic) bond motifs is 1. The number of hydrogen-bond donors (Lipinski definition) is 2. The fourth-order valence-electron chi connectivity index (χ4n) is 1.85. The molecule has 1 aromatic heterocycles. The summed E-state index contributed by atoms with van der Waals surface area (Å²) in [5.74, 6) is -0.143. The van der Waals surface area contributed by atoms with E-state index >= 15 is 0 Å². The van der Waals surface area contributed by atoms with Crippen molar-refractivity contribution in [1.29, 1.82) is 0 Å². The Morgan fingerprint density at radius 2 is 2.33 bits per heavy atom. The number of aryl methyl sites for hydroxylation is 1. The molecule has 0 bridgehead atoms. The van der Waals surface area contributed by atoms with E-state index in [0.29, 0.717) is 23.3 Å². The third-order valence-corrected chi connectivity index (χ3v) is 2.65. The number of aromatic nitrogens is 1. The minimum absolute atomic E-state index is 0.143. The van der Waals surface area contributed by atoms with Crippen molar-refractivity contribution < 1.29 is 4.79 Å². The largest absolute Gasteiger partial charge is 0.397 e. The number of anilines is 1. The van der Waals surface area contributed by atoms with Gasteiger partial charge in [-0.25, -0.2) is 0 Å². The van der Waals surface area contributed by atoms with Crippen molar-refractivity contribution in [2.45, 2.75) is 6.92 Å². The van der Waals surface area contributed by atoms with E-state index in [-0.39, 0.29) is 5.91 Å². The predicted octanol–water partition coefficient (Wildman–Crippen LogP) is 2.04. The van der Waals surface area contributed by atoms with Crippen molar-refractivity contribution in [2.75, 3.05) is 12.3 Å². The highest BCUT2D eigenvalue weighted by atomic mass is 16.1. The number of nitrogens with zero attached hydrogens (tertiary/aromatic N) is 1. The first-order valence-corrected chi connectivity index (χ1v) is 5.68. The second-order valence-corrected chi connectivity index (χ2v) is 4.05. The normalized spacial score (nSPS) is 10.3. The van der Waals surface area contributed by atoms with Gasteiger partial charge in [0.05, 0.1) is 16.8 Å². The number of pyridine rings is 1. The second-order valence-electron chi connectivity index (χ2n) is 4.05. The molecule has 0 aliphatic carbocycles. The Balaban J connectivity index is 2.59. The number of amides is 1. The first kappa shape index (κ1) is 12.1. The highest BCUT2D eigenvalue weighted by Crippen LogP contribution is 2.23. The van der Waals surface area contributed by atoms with Gasteiger partial charge in [0.2, 0.25) is 0 Å². The zero-order chi connectivity index (χ0) is 13.1. The highest BCUT2D eigenvalue weighted by molar-refractivity contribution is 6.08. The Kier molecular flexibility index (Phi) is 3.28. The molecular formula is C14H15N3O. The third-order valence-electron chi connectivity index (χ3n) is 2.65. The molecule has 2 rings (SSSR count). The van der Waals surface area contributed by atoms with Gasteiger partial charge in [-0.1, -0.05) is 18.2 Å². The molecule has 0 fully saturated rings. The van der Waals surface area contributed by atoms with Crippen LogP contribution in [-0.2, 0) is 0 Å². The van der Waals surface area contributed by atoms with E-state index in [2.05, 4.69) is 16.9 Å². The lowest BCUT2D eigenvalue weighted by Crippen LogP contribution is -2.23. The van der Waals surface area contributed by atoms with Crippen molar-refractivity contribution in [3.8, 4) is 0 Å². The summed E-state index contributed by atoms with van der Waals surface area (Å²) in [4.78, 5) is 16.4. The molecule has 0 atom stereocenters. The molecule has 1 amide bonds. The minimum Gasteiger partial charge on any atom is -0.397 e. The van der Waals surface area contributed by atoms with Gasteiger partial charge in [-0.05, 0) is 19.1 Å². The number of nitrogens with one attached hydrogen (secondary N) is 1. The standard InChI is InChI=1S/C14H15N3O/c1-3-7-16-14(18)11-8-9(2)17-13-10(11)5-4-6-12(13)15/h3-6,8H,1,7,15H2,2H3,(H,16,18). The van der Waals surface area contributed by atoms with E-state index in [9.17, 15) is 4.79 Å². The fraction of sp³-hybridized carbons (Fsp3) is 0.143. The van der Waals surface area contributed by atoms with Crippen LogP contribution in [0, 0.1) is 6.92 Å². The molecule has 0 radical (unpaired) electrons. The van der Waals surface area contributed by atoms with Crippen LogP contribution in [-0.4, -0.2) is 17.4 Å². The Hall–Kier alpha value is -2.36. The molecule has 4 nitrogen and oxygen atoms in total. The summed E-state index contributed by atoms with van der Waals surface area (Å²) in [6.07, 6.45) is 1.64. The zero-order valence-corrected chi connectivity index (χ0v) is 10.2. The lowest BCUT2D eigenvalue weighted by Gasteiger charge is -2.09. The van der Waals surface area contributed by atoms with Crippen LogP contribution in [0.2, 0.25) is 0 Å². The van der Waals surface area contributed by atoms with Crippen LogP contribution in [0.15, 0.2) is 36.9 Å². The molecule has 0 saturated heterocycles. The van der Waals surface area contributed by atoms with Gasteiger partial charge in [0.15, 0.2) is 0 Å². The molecule has 1 heterocycles. The maximum atomic E-state index is 12.1. The van der Waals surface area contributed by atoms with Gasteiger partial charge in [-0.3, -0.25) is 9.78 Å². The molecule has 3 N–H and O–H groups in total. The van der Waals surface area contributed by atoms with Gasteiger partial charge in [0.1, 0.15) is 0 Å². The van der Waals surface area contributed by atoms with E-state index in [0.717, 1.165) is 11.1 Å². The molecule has 0 aliphatic rings. The number of para-hydroxylation sites is 1. The van der Waals surface area contributed by atoms with Crippen molar-refractivity contribution in [1.82, 2.24) is 10.3 Å². The van der Waals surface area contributed by atoms with Crippen LogP contribution < -0.4 is 11.1 Å². The summed E-state index contributed by atoms with van der Waals surface area (Å²) in [5, 5.41) is 3.53. The van der Waals surface area contributed by atoms with Gasteiger partial charge < -0.3 is 11.1 Å². The summed E-state index contributed by atoms with van der Waals surface area (Å²) < 4.78 is 0. The molecule has 4 heteroatoms. The molecule has 92 valence electrons. The van der Waals surface area contributed by atoms with Crippen LogP contribution in [0.5, 0.6) is 0 Å². The van der Waals surface area contributed by atoms with Gasteiger partial charge in [0.25, 0.3) is 5.91 Å². The molecule has 0 aliphatic heterocycles. The number of benzene rings is 1. The van der Waals surface area contributed by atoms with E-state index in [1.165, 1.54) is 0 Å². The molecule has 1 aromatic carbocycles. The van der Waals surface area contributed by atoms with Crippen LogP contribution in [0.4, 0.5) is 5.69 Å². The van der Waals surface area contributed by atoms with Crippen LogP contribution in [0.1, 0.15) is 16.1 Å². The van der Waals surface area contributed by atoms with Crippen molar-refractivity contribution >= 4 is 22.5 Å². The summed E-state index contributed by atoms with van der Waals surface area (Å²) in [6, 6.07) is 7.21. The number of carbonyl (C=O) groups is 1. The lowest BCUT2D eigenvalue weighted by atomic mass is 10.1. The summed E-state index contributed by atoms with van der Waals surface area (Å²) in [6.45, 7) is 5.85. The Morgan fingerprint density at radius 3 is 3.06 bits per heavy atom. The molecular weight excluding hydrogens is 226 g/mol. The minimum atomic E-state index is -0.143. The van der Waals surface area contributed by atoms with E-state index in [4.69, 9.17) is 5.73 Å². The SMILES string of the molecule is C=CCNC(=O)c1cc(C)nc2c(N)cccc12. The maximum Gasteiger partial charge on any atom is 0.252 e. The molecule has 2 aromatic rings. The van der Waals surface area contributed by atoms with Gasteiger partial charge in [-0.2, -0.15) is 0 Å².